The first-order valence-electron chi connectivity index (χ1n) is 10.8. The first-order valence-corrected chi connectivity index (χ1v) is 10.8. The van der Waals surface area contributed by atoms with E-state index in [2.05, 4.69) is 97.1 Å². The van der Waals surface area contributed by atoms with E-state index in [0.717, 1.165) is 0 Å². The molecule has 0 nitrogen and oxygen atoms in total. The zero-order valence-corrected chi connectivity index (χ0v) is 16.4. The van der Waals surface area contributed by atoms with Crippen LogP contribution in [0.5, 0.6) is 0 Å². The molecule has 0 heterocycles. The third kappa shape index (κ3) is 1.66. The first-order chi connectivity index (χ1) is 14.9. The van der Waals surface area contributed by atoms with Gasteiger partial charge in [0.2, 0.25) is 0 Å². The largest absolute Gasteiger partial charge is 0.0767 e. The predicted molar refractivity (Wildman–Crippen MR) is 127 cm³/mol. The summed E-state index contributed by atoms with van der Waals surface area (Å²) in [6.07, 6.45) is 13.8. The molecule has 2 atom stereocenters. The molecule has 0 saturated heterocycles. The number of hydrogen-bond donors (Lipinski definition) is 0. The number of benzene rings is 4. The lowest BCUT2D eigenvalue weighted by atomic mass is 9.78. The Morgan fingerprint density at radius 3 is 2.10 bits per heavy atom. The second kappa shape index (κ2) is 5.09. The molecule has 0 aromatic heterocycles. The van der Waals surface area contributed by atoms with Crippen LogP contribution >= 0.6 is 0 Å². The molecule has 0 spiro atoms. The molecule has 0 radical (unpaired) electrons. The Balaban J connectivity index is 1.50. The first kappa shape index (κ1) is 15.2. The van der Waals surface area contributed by atoms with E-state index in [1.54, 1.807) is 0 Å². The molecule has 0 heteroatoms. The van der Waals surface area contributed by atoms with Gasteiger partial charge in [-0.1, -0.05) is 85.0 Å². The molecule has 4 aromatic rings. The quantitative estimate of drug-likeness (QED) is 0.258. The molecule has 138 valence electrons. The molecular weight excluding hydrogens is 360 g/mol. The summed E-state index contributed by atoms with van der Waals surface area (Å²) in [6.45, 7) is 0. The second-order valence-electron chi connectivity index (χ2n) is 8.89. The minimum Gasteiger partial charge on any atom is -0.0767 e. The third-order valence-electron chi connectivity index (χ3n) is 7.52. The van der Waals surface area contributed by atoms with E-state index in [4.69, 9.17) is 0 Å². The molecule has 8 rings (SSSR count). The Labute approximate surface area is 175 Å². The maximum absolute atomic E-state index is 2.48. The summed E-state index contributed by atoms with van der Waals surface area (Å²) in [5, 5.41) is 5.47. The van der Waals surface area contributed by atoms with E-state index in [-0.39, 0.29) is 0 Å². The summed E-state index contributed by atoms with van der Waals surface area (Å²) in [6, 6.07) is 23.0. The highest BCUT2D eigenvalue weighted by atomic mass is 14.4. The average Bonchev–Trinajstić information content (AvgIpc) is 3.29. The Morgan fingerprint density at radius 2 is 1.30 bits per heavy atom. The lowest BCUT2D eigenvalue weighted by Gasteiger charge is -2.25. The highest BCUT2D eigenvalue weighted by Crippen LogP contribution is 2.55. The van der Waals surface area contributed by atoms with Crippen molar-refractivity contribution >= 4 is 32.7 Å². The van der Waals surface area contributed by atoms with E-state index in [1.165, 1.54) is 66.1 Å². The molecule has 4 aliphatic rings. The van der Waals surface area contributed by atoms with Gasteiger partial charge in [0.25, 0.3) is 0 Å². The second-order valence-corrected chi connectivity index (χ2v) is 8.89. The summed E-state index contributed by atoms with van der Waals surface area (Å²) < 4.78 is 0. The van der Waals surface area contributed by atoms with Gasteiger partial charge < -0.3 is 0 Å². The fourth-order valence-corrected chi connectivity index (χ4v) is 6.30. The van der Waals surface area contributed by atoms with E-state index in [1.807, 2.05) is 0 Å². The molecule has 0 saturated carbocycles. The normalized spacial score (nSPS) is 21.5. The molecule has 0 amide bonds. The van der Waals surface area contributed by atoms with Crippen molar-refractivity contribution in [1.29, 1.82) is 0 Å². The molecular formula is C30H18. The van der Waals surface area contributed by atoms with Gasteiger partial charge in [0.05, 0.1) is 0 Å². The minimum atomic E-state index is 0.487. The SMILES string of the molecule is C1=CC2C=CC=C3c4cc5c6c(ccc5cc4C(=C1)C32)-c1cccc2cccc-6c12. The van der Waals surface area contributed by atoms with Gasteiger partial charge in [0.15, 0.2) is 0 Å². The van der Waals surface area contributed by atoms with E-state index in [9.17, 15) is 0 Å². The molecule has 4 aliphatic carbocycles. The summed E-state index contributed by atoms with van der Waals surface area (Å²) in [5.41, 5.74) is 11.4. The number of hydrogen-bond acceptors (Lipinski definition) is 0. The maximum atomic E-state index is 2.48. The average molecular weight is 378 g/mol. The van der Waals surface area contributed by atoms with Crippen LogP contribution in [0, 0.1) is 11.8 Å². The number of allylic oxidation sites excluding steroid dienone is 8. The van der Waals surface area contributed by atoms with Crippen molar-refractivity contribution in [2.45, 2.75) is 0 Å². The summed E-state index contributed by atoms with van der Waals surface area (Å²) in [4.78, 5) is 0. The van der Waals surface area contributed by atoms with Crippen LogP contribution < -0.4 is 0 Å². The third-order valence-corrected chi connectivity index (χ3v) is 7.52. The van der Waals surface area contributed by atoms with Crippen molar-refractivity contribution < 1.29 is 0 Å². The molecule has 30 heavy (non-hydrogen) atoms. The molecule has 4 aromatic carbocycles. The zero-order valence-electron chi connectivity index (χ0n) is 16.4. The van der Waals surface area contributed by atoms with Gasteiger partial charge >= 0.3 is 0 Å². The standard InChI is InChI=1S/C30H18/c1-7-18-8-4-12-24-29(18)20(9-1)23-14-13-19-15-26-21-10-2-5-17-6-3-11-22(28(17)21)27(26)16-25(19)30(23)24/h1-17,28H. The number of fused-ring (bicyclic) bond motifs is 8. The Kier molecular flexibility index (Phi) is 2.59. The van der Waals surface area contributed by atoms with E-state index < -0.39 is 0 Å². The molecule has 0 N–H and O–H groups in total. The lowest BCUT2D eigenvalue weighted by molar-refractivity contribution is 0.707. The van der Waals surface area contributed by atoms with Gasteiger partial charge in [-0.15, -0.1) is 0 Å². The van der Waals surface area contributed by atoms with Gasteiger partial charge in [-0.2, -0.15) is 0 Å². The highest BCUT2D eigenvalue weighted by molar-refractivity contribution is 6.22. The van der Waals surface area contributed by atoms with Crippen molar-refractivity contribution in [3.8, 4) is 22.3 Å². The van der Waals surface area contributed by atoms with Crippen LogP contribution in [0.3, 0.4) is 0 Å². The topological polar surface area (TPSA) is 0 Å². The summed E-state index contributed by atoms with van der Waals surface area (Å²) in [7, 11) is 0. The van der Waals surface area contributed by atoms with Crippen LogP contribution in [0.1, 0.15) is 11.1 Å². The fourth-order valence-electron chi connectivity index (χ4n) is 6.30. The molecule has 2 unspecified atom stereocenters. The Hall–Kier alpha value is -3.64. The summed E-state index contributed by atoms with van der Waals surface area (Å²) in [5.74, 6) is 0.977. The van der Waals surface area contributed by atoms with Gasteiger partial charge in [-0.25, -0.2) is 0 Å². The van der Waals surface area contributed by atoms with Crippen LogP contribution in [0.15, 0.2) is 97.1 Å². The Bertz CT molecular complexity index is 1580. The molecule has 0 aliphatic heterocycles. The molecule has 0 fully saturated rings. The van der Waals surface area contributed by atoms with Crippen molar-refractivity contribution in [2.24, 2.45) is 11.8 Å². The summed E-state index contributed by atoms with van der Waals surface area (Å²) >= 11 is 0. The monoisotopic (exact) mass is 378 g/mol. The fraction of sp³-hybridized carbons (Fsp3) is 0.0667. The van der Waals surface area contributed by atoms with Crippen LogP contribution in [0.2, 0.25) is 0 Å². The number of rotatable bonds is 0. The van der Waals surface area contributed by atoms with Crippen molar-refractivity contribution in [2.75, 3.05) is 0 Å². The van der Waals surface area contributed by atoms with Crippen molar-refractivity contribution in [1.82, 2.24) is 0 Å². The Morgan fingerprint density at radius 1 is 0.567 bits per heavy atom. The van der Waals surface area contributed by atoms with E-state index in [0.29, 0.717) is 11.8 Å². The predicted octanol–water partition coefficient (Wildman–Crippen LogP) is 7.79. The van der Waals surface area contributed by atoms with Crippen molar-refractivity contribution in [3.05, 3.63) is 108 Å². The van der Waals surface area contributed by atoms with Gasteiger partial charge in [0, 0.05) is 11.8 Å². The lowest BCUT2D eigenvalue weighted by Crippen LogP contribution is -2.13. The van der Waals surface area contributed by atoms with Crippen LogP contribution in [-0.4, -0.2) is 0 Å². The minimum absolute atomic E-state index is 0.487. The van der Waals surface area contributed by atoms with Gasteiger partial charge in [0.1, 0.15) is 0 Å². The maximum Gasteiger partial charge on any atom is 0.0199 e. The van der Waals surface area contributed by atoms with Gasteiger partial charge in [-0.3, -0.25) is 0 Å². The van der Waals surface area contributed by atoms with Crippen molar-refractivity contribution in [3.63, 3.8) is 0 Å². The highest BCUT2D eigenvalue weighted by Gasteiger charge is 2.38. The smallest absolute Gasteiger partial charge is 0.0199 e. The zero-order chi connectivity index (χ0) is 19.4. The van der Waals surface area contributed by atoms with Crippen LogP contribution in [-0.2, 0) is 0 Å². The molecule has 0 bridgehead atoms. The van der Waals surface area contributed by atoms with Crippen LogP contribution in [0.25, 0.3) is 54.9 Å². The van der Waals surface area contributed by atoms with Crippen LogP contribution in [0.4, 0.5) is 0 Å². The van der Waals surface area contributed by atoms with E-state index >= 15 is 0 Å². The van der Waals surface area contributed by atoms with Gasteiger partial charge in [-0.05, 0) is 78.2 Å².